The van der Waals surface area contributed by atoms with Crippen molar-refractivity contribution < 1.29 is 5.11 Å². The van der Waals surface area contributed by atoms with Gasteiger partial charge < -0.3 is 10.4 Å². The van der Waals surface area contributed by atoms with Gasteiger partial charge in [-0.05, 0) is 49.1 Å². The Bertz CT molecular complexity index is 365. The predicted octanol–water partition coefficient (Wildman–Crippen LogP) is 3.59. The van der Waals surface area contributed by atoms with Gasteiger partial charge in [-0.15, -0.1) is 0 Å². The van der Waals surface area contributed by atoms with Gasteiger partial charge in [0.2, 0.25) is 0 Å². The Morgan fingerprint density at radius 3 is 2.37 bits per heavy atom. The molecule has 1 aromatic rings. The third-order valence-corrected chi connectivity index (χ3v) is 4.45. The maximum atomic E-state index is 9.49. The summed E-state index contributed by atoms with van der Waals surface area (Å²) < 4.78 is 0. The summed E-state index contributed by atoms with van der Waals surface area (Å²) in [4.78, 5) is 0. The van der Waals surface area contributed by atoms with Gasteiger partial charge in [0, 0.05) is 12.6 Å². The van der Waals surface area contributed by atoms with E-state index in [0.717, 1.165) is 32.2 Å². The van der Waals surface area contributed by atoms with Crippen molar-refractivity contribution in [2.45, 2.75) is 70.6 Å². The number of nitrogens with one attached hydrogen (secondary N) is 1. The van der Waals surface area contributed by atoms with Gasteiger partial charge in [-0.25, -0.2) is 0 Å². The van der Waals surface area contributed by atoms with E-state index in [1.165, 1.54) is 17.5 Å². The second-order valence-corrected chi connectivity index (χ2v) is 5.94. The van der Waals surface area contributed by atoms with Crippen molar-refractivity contribution in [1.82, 2.24) is 5.32 Å². The molecule has 19 heavy (non-hydrogen) atoms. The maximum Gasteiger partial charge on any atom is 0.0541 e. The number of aliphatic hydroxyl groups is 1. The van der Waals surface area contributed by atoms with E-state index >= 15 is 0 Å². The monoisotopic (exact) mass is 261 g/mol. The summed E-state index contributed by atoms with van der Waals surface area (Å²) in [6.07, 6.45) is 5.24. The van der Waals surface area contributed by atoms with Gasteiger partial charge in [-0.3, -0.25) is 0 Å². The van der Waals surface area contributed by atoms with Crippen LogP contribution < -0.4 is 5.32 Å². The topological polar surface area (TPSA) is 32.3 Å². The molecule has 1 atom stereocenters. The standard InChI is InChI=1S/C17H27NO/c1-3-13(2)15-6-4-14(5-7-15)12-18-16-8-10-17(19)11-9-16/h4-7,13,16-19H,3,8-12H2,1-2H3. The van der Waals surface area contributed by atoms with E-state index in [4.69, 9.17) is 0 Å². The first-order valence-electron chi connectivity index (χ1n) is 7.69. The Balaban J connectivity index is 1.80. The zero-order valence-electron chi connectivity index (χ0n) is 12.2. The Hall–Kier alpha value is -0.860. The summed E-state index contributed by atoms with van der Waals surface area (Å²) in [6, 6.07) is 9.59. The molecule has 2 N–H and O–H groups in total. The first kappa shape index (κ1) is 14.5. The zero-order valence-corrected chi connectivity index (χ0v) is 12.2. The Labute approximate surface area is 117 Å². The van der Waals surface area contributed by atoms with Gasteiger partial charge in [0.15, 0.2) is 0 Å². The first-order valence-corrected chi connectivity index (χ1v) is 7.69. The summed E-state index contributed by atoms with van der Waals surface area (Å²) >= 11 is 0. The third kappa shape index (κ3) is 4.32. The van der Waals surface area contributed by atoms with Gasteiger partial charge >= 0.3 is 0 Å². The summed E-state index contributed by atoms with van der Waals surface area (Å²) in [5, 5.41) is 13.1. The molecule has 0 bridgehead atoms. The molecular weight excluding hydrogens is 234 g/mol. The smallest absolute Gasteiger partial charge is 0.0541 e. The molecule has 2 rings (SSSR count). The molecular formula is C17H27NO. The van der Waals surface area contributed by atoms with Crippen LogP contribution in [0.5, 0.6) is 0 Å². The van der Waals surface area contributed by atoms with Crippen LogP contribution in [-0.4, -0.2) is 17.3 Å². The van der Waals surface area contributed by atoms with E-state index in [2.05, 4.69) is 43.4 Å². The molecule has 1 fully saturated rings. The number of hydrogen-bond donors (Lipinski definition) is 2. The summed E-state index contributed by atoms with van der Waals surface area (Å²) in [5.41, 5.74) is 2.80. The van der Waals surface area contributed by atoms with Gasteiger partial charge in [0.05, 0.1) is 6.10 Å². The predicted molar refractivity (Wildman–Crippen MR) is 80.3 cm³/mol. The third-order valence-electron chi connectivity index (χ3n) is 4.45. The lowest BCUT2D eigenvalue weighted by Gasteiger charge is -2.26. The molecule has 0 aromatic heterocycles. The van der Waals surface area contributed by atoms with Crippen molar-refractivity contribution in [3.05, 3.63) is 35.4 Å². The molecule has 1 aliphatic rings. The highest BCUT2D eigenvalue weighted by atomic mass is 16.3. The number of benzene rings is 1. The fraction of sp³-hybridized carbons (Fsp3) is 0.647. The fourth-order valence-corrected chi connectivity index (χ4v) is 2.74. The van der Waals surface area contributed by atoms with Crippen molar-refractivity contribution in [3.8, 4) is 0 Å². The van der Waals surface area contributed by atoms with E-state index in [9.17, 15) is 5.11 Å². The van der Waals surface area contributed by atoms with Crippen LogP contribution in [0.1, 0.15) is 63.0 Å². The van der Waals surface area contributed by atoms with Crippen LogP contribution in [0, 0.1) is 0 Å². The van der Waals surface area contributed by atoms with Crippen molar-refractivity contribution in [1.29, 1.82) is 0 Å². The second-order valence-electron chi connectivity index (χ2n) is 5.94. The van der Waals surface area contributed by atoms with E-state index in [-0.39, 0.29) is 6.10 Å². The number of aliphatic hydroxyl groups excluding tert-OH is 1. The molecule has 1 aliphatic carbocycles. The summed E-state index contributed by atoms with van der Waals surface area (Å²) in [7, 11) is 0. The highest BCUT2D eigenvalue weighted by molar-refractivity contribution is 5.24. The summed E-state index contributed by atoms with van der Waals surface area (Å²) in [6.45, 7) is 5.46. The van der Waals surface area contributed by atoms with Gasteiger partial charge in [0.1, 0.15) is 0 Å². The van der Waals surface area contributed by atoms with Crippen LogP contribution in [0.15, 0.2) is 24.3 Å². The molecule has 0 heterocycles. The lowest BCUT2D eigenvalue weighted by atomic mass is 9.93. The van der Waals surface area contributed by atoms with Crippen LogP contribution in [0.2, 0.25) is 0 Å². The van der Waals surface area contributed by atoms with Crippen molar-refractivity contribution in [3.63, 3.8) is 0 Å². The minimum absolute atomic E-state index is 0.0622. The van der Waals surface area contributed by atoms with Gasteiger partial charge in [-0.1, -0.05) is 38.1 Å². The van der Waals surface area contributed by atoms with Crippen LogP contribution in [0.25, 0.3) is 0 Å². The normalized spacial score (nSPS) is 25.2. The molecule has 0 amide bonds. The van der Waals surface area contributed by atoms with E-state index in [0.29, 0.717) is 12.0 Å². The van der Waals surface area contributed by atoms with Gasteiger partial charge in [0.25, 0.3) is 0 Å². The molecule has 106 valence electrons. The molecule has 0 aliphatic heterocycles. The largest absolute Gasteiger partial charge is 0.393 e. The molecule has 2 nitrogen and oxygen atoms in total. The highest BCUT2D eigenvalue weighted by Gasteiger charge is 2.18. The average Bonchev–Trinajstić information content (AvgIpc) is 2.46. The van der Waals surface area contributed by atoms with Crippen LogP contribution in [0.4, 0.5) is 0 Å². The van der Waals surface area contributed by atoms with Crippen LogP contribution in [-0.2, 0) is 6.54 Å². The first-order chi connectivity index (χ1) is 9.19. The molecule has 1 unspecified atom stereocenters. The maximum absolute atomic E-state index is 9.49. The van der Waals surface area contributed by atoms with E-state index < -0.39 is 0 Å². The minimum Gasteiger partial charge on any atom is -0.393 e. The van der Waals surface area contributed by atoms with Crippen LogP contribution in [0.3, 0.4) is 0 Å². The van der Waals surface area contributed by atoms with Crippen molar-refractivity contribution >= 4 is 0 Å². The molecule has 1 aromatic carbocycles. The second kappa shape index (κ2) is 7.06. The number of hydrogen-bond acceptors (Lipinski definition) is 2. The highest BCUT2D eigenvalue weighted by Crippen LogP contribution is 2.20. The Morgan fingerprint density at radius 1 is 1.16 bits per heavy atom. The minimum atomic E-state index is -0.0622. The molecule has 2 heteroatoms. The molecule has 0 spiro atoms. The molecule has 0 radical (unpaired) electrons. The SMILES string of the molecule is CCC(C)c1ccc(CNC2CCC(O)CC2)cc1. The summed E-state index contributed by atoms with van der Waals surface area (Å²) in [5.74, 6) is 0.654. The van der Waals surface area contributed by atoms with Crippen molar-refractivity contribution in [2.24, 2.45) is 0 Å². The van der Waals surface area contributed by atoms with E-state index in [1.807, 2.05) is 0 Å². The molecule has 1 saturated carbocycles. The van der Waals surface area contributed by atoms with Crippen LogP contribution >= 0.6 is 0 Å². The van der Waals surface area contributed by atoms with E-state index in [1.54, 1.807) is 0 Å². The van der Waals surface area contributed by atoms with Crippen molar-refractivity contribution in [2.75, 3.05) is 0 Å². The zero-order chi connectivity index (χ0) is 13.7. The lowest BCUT2D eigenvalue weighted by molar-refractivity contribution is 0.116. The fourth-order valence-electron chi connectivity index (χ4n) is 2.74. The average molecular weight is 261 g/mol. The quantitative estimate of drug-likeness (QED) is 0.849. The molecule has 0 saturated heterocycles. The Kier molecular flexibility index (Phi) is 5.41. The van der Waals surface area contributed by atoms with Gasteiger partial charge in [-0.2, -0.15) is 0 Å². The lowest BCUT2D eigenvalue weighted by Crippen LogP contribution is -2.34. The Morgan fingerprint density at radius 2 is 1.79 bits per heavy atom. The number of rotatable bonds is 5.